The molecule has 0 unspecified atom stereocenters. The summed E-state index contributed by atoms with van der Waals surface area (Å²) in [6, 6.07) is 12.1. The first-order chi connectivity index (χ1) is 14.5. The number of carbonyl (C=O) groups excluding carboxylic acids is 1. The van der Waals surface area contributed by atoms with Crippen molar-refractivity contribution >= 4 is 34.6 Å². The van der Waals surface area contributed by atoms with Crippen LogP contribution in [0, 0.1) is 0 Å². The van der Waals surface area contributed by atoms with Gasteiger partial charge in [-0.25, -0.2) is 0 Å². The van der Waals surface area contributed by atoms with Crippen molar-refractivity contribution in [2.75, 3.05) is 32.3 Å². The molecule has 2 heterocycles. The second-order valence-corrected chi connectivity index (χ2v) is 8.59. The third-order valence-electron chi connectivity index (χ3n) is 5.11. The number of benzene rings is 2. The van der Waals surface area contributed by atoms with Crippen molar-refractivity contribution in [1.29, 1.82) is 0 Å². The summed E-state index contributed by atoms with van der Waals surface area (Å²) in [5, 5.41) is 3.48. The summed E-state index contributed by atoms with van der Waals surface area (Å²) in [6.45, 7) is 3.32. The van der Waals surface area contributed by atoms with Gasteiger partial charge in [-0.3, -0.25) is 9.79 Å². The van der Waals surface area contributed by atoms with Gasteiger partial charge in [0.25, 0.3) is 0 Å². The third-order valence-corrected chi connectivity index (χ3v) is 6.03. The Labute approximate surface area is 181 Å². The number of likely N-dealkylation sites (N-methyl/N-ethyl adjacent to an activating group) is 1. The summed E-state index contributed by atoms with van der Waals surface area (Å²) in [6.07, 6.45) is 3.45. The molecule has 30 heavy (non-hydrogen) atoms. The highest BCUT2D eigenvalue weighted by Crippen LogP contribution is 2.32. The Kier molecular flexibility index (Phi) is 5.99. The van der Waals surface area contributed by atoms with Gasteiger partial charge < -0.3 is 19.7 Å². The summed E-state index contributed by atoms with van der Waals surface area (Å²) >= 11 is 1.46. The zero-order valence-corrected chi connectivity index (χ0v) is 18.2. The average molecular weight is 424 g/mol. The van der Waals surface area contributed by atoms with Crippen molar-refractivity contribution in [1.82, 2.24) is 5.32 Å². The molecule has 4 rings (SSSR count). The number of hydrogen-bond acceptors (Lipinski definition) is 6. The Morgan fingerprint density at radius 2 is 2.07 bits per heavy atom. The molecule has 2 aliphatic heterocycles. The van der Waals surface area contributed by atoms with Crippen molar-refractivity contribution in [3.8, 4) is 11.5 Å². The van der Waals surface area contributed by atoms with Crippen molar-refractivity contribution in [3.63, 3.8) is 0 Å². The zero-order valence-electron chi connectivity index (χ0n) is 17.4. The van der Waals surface area contributed by atoms with Gasteiger partial charge in [-0.15, -0.1) is 0 Å². The van der Waals surface area contributed by atoms with Crippen LogP contribution >= 0.6 is 11.8 Å². The topological polar surface area (TPSA) is 63.2 Å². The number of anilines is 1. The second kappa shape index (κ2) is 8.83. The summed E-state index contributed by atoms with van der Waals surface area (Å²) in [5.41, 5.74) is 4.72. The smallest absolute Gasteiger partial charge is 0.231 e. The minimum absolute atomic E-state index is 0.115. The molecule has 0 bridgehead atoms. The van der Waals surface area contributed by atoms with E-state index in [1.807, 2.05) is 25.1 Å². The number of ether oxygens (including phenoxy) is 2. The minimum Gasteiger partial charge on any atom is -0.454 e. The molecule has 0 saturated heterocycles. The minimum atomic E-state index is -0.115. The first-order valence-electron chi connectivity index (χ1n) is 9.87. The van der Waals surface area contributed by atoms with Crippen LogP contribution in [0.25, 0.3) is 6.08 Å². The number of amides is 1. The summed E-state index contributed by atoms with van der Waals surface area (Å²) < 4.78 is 10.7. The number of thioether (sulfide) groups is 1. The number of amidine groups is 1. The maximum Gasteiger partial charge on any atom is 0.231 e. The van der Waals surface area contributed by atoms with Gasteiger partial charge in [0.05, 0.1) is 6.42 Å². The number of hydrogen-bond donors (Lipinski definition) is 1. The Morgan fingerprint density at radius 3 is 2.90 bits per heavy atom. The van der Waals surface area contributed by atoms with Gasteiger partial charge in [0.2, 0.25) is 12.7 Å². The standard InChI is InChI=1S/C23H25N3O3S/c1-15(10-16-4-6-19-18(11-16)8-9-26(19)3)30-23(24-2)25-22(27)13-17-5-7-20-21(12-17)29-14-28-20/h4-7,10-12H,8-9,13-14H2,1-3H3,(H,24,25,27)/b15-10+. The lowest BCUT2D eigenvalue weighted by Gasteiger charge is -2.12. The van der Waals surface area contributed by atoms with Gasteiger partial charge in [-0.2, -0.15) is 0 Å². The number of carbonyl (C=O) groups is 1. The highest BCUT2D eigenvalue weighted by atomic mass is 32.2. The Balaban J connectivity index is 1.36. The highest BCUT2D eigenvalue weighted by Gasteiger charge is 2.16. The molecule has 2 aromatic rings. The molecule has 0 radical (unpaired) electrons. The number of allylic oxidation sites excluding steroid dienone is 1. The van der Waals surface area contributed by atoms with E-state index in [4.69, 9.17) is 9.47 Å². The Bertz CT molecular complexity index is 1030. The van der Waals surface area contributed by atoms with E-state index in [9.17, 15) is 4.79 Å². The van der Waals surface area contributed by atoms with E-state index in [2.05, 4.69) is 46.5 Å². The van der Waals surface area contributed by atoms with Crippen LogP contribution in [-0.4, -0.2) is 38.5 Å². The molecule has 6 nitrogen and oxygen atoms in total. The maximum atomic E-state index is 12.5. The molecule has 0 aromatic heterocycles. The van der Waals surface area contributed by atoms with Crippen LogP contribution in [0.2, 0.25) is 0 Å². The molecule has 2 aromatic carbocycles. The van der Waals surface area contributed by atoms with Crippen LogP contribution in [0.15, 0.2) is 46.3 Å². The number of nitrogens with one attached hydrogen (secondary N) is 1. The predicted molar refractivity (Wildman–Crippen MR) is 122 cm³/mol. The second-order valence-electron chi connectivity index (χ2n) is 7.36. The molecular formula is C23H25N3O3S. The van der Waals surface area contributed by atoms with Crippen LogP contribution in [0.5, 0.6) is 11.5 Å². The number of rotatable bonds is 4. The van der Waals surface area contributed by atoms with E-state index in [1.54, 1.807) is 7.05 Å². The lowest BCUT2D eigenvalue weighted by Crippen LogP contribution is -2.29. The lowest BCUT2D eigenvalue weighted by molar-refractivity contribution is -0.119. The van der Waals surface area contributed by atoms with Crippen molar-refractivity contribution < 1.29 is 14.3 Å². The summed E-state index contributed by atoms with van der Waals surface area (Å²) in [4.78, 5) is 20.1. The molecule has 0 fully saturated rings. The van der Waals surface area contributed by atoms with Crippen LogP contribution < -0.4 is 19.7 Å². The van der Waals surface area contributed by atoms with E-state index in [1.165, 1.54) is 23.0 Å². The summed E-state index contributed by atoms with van der Waals surface area (Å²) in [5.74, 6) is 1.28. The number of aliphatic imine (C=N–C) groups is 1. The van der Waals surface area contributed by atoms with E-state index in [0.717, 1.165) is 29.0 Å². The Morgan fingerprint density at radius 1 is 1.23 bits per heavy atom. The fourth-order valence-corrected chi connectivity index (χ4v) is 4.38. The van der Waals surface area contributed by atoms with Crippen LogP contribution in [-0.2, 0) is 17.6 Å². The average Bonchev–Trinajstić information content (AvgIpc) is 3.33. The molecule has 1 N–H and O–H groups in total. The van der Waals surface area contributed by atoms with E-state index >= 15 is 0 Å². The van der Waals surface area contributed by atoms with Crippen molar-refractivity contribution in [2.24, 2.45) is 4.99 Å². The van der Waals surface area contributed by atoms with Crippen LogP contribution in [0.4, 0.5) is 5.69 Å². The monoisotopic (exact) mass is 423 g/mol. The molecule has 0 atom stereocenters. The zero-order chi connectivity index (χ0) is 21.1. The van der Waals surface area contributed by atoms with E-state index < -0.39 is 0 Å². The molecule has 2 aliphatic rings. The van der Waals surface area contributed by atoms with Gasteiger partial charge in [-0.05, 0) is 65.3 Å². The first-order valence-corrected chi connectivity index (χ1v) is 10.7. The van der Waals surface area contributed by atoms with Crippen molar-refractivity contribution in [2.45, 2.75) is 19.8 Å². The highest BCUT2D eigenvalue weighted by molar-refractivity contribution is 8.17. The molecule has 0 saturated carbocycles. The summed E-state index contributed by atoms with van der Waals surface area (Å²) in [7, 11) is 3.81. The quantitative estimate of drug-likeness (QED) is 0.598. The van der Waals surface area contributed by atoms with E-state index in [0.29, 0.717) is 16.7 Å². The molecule has 0 spiro atoms. The third kappa shape index (κ3) is 4.62. The predicted octanol–water partition coefficient (Wildman–Crippen LogP) is 3.85. The Hall–Kier alpha value is -2.93. The van der Waals surface area contributed by atoms with Crippen molar-refractivity contribution in [3.05, 3.63) is 58.0 Å². The van der Waals surface area contributed by atoms with Crippen LogP contribution in [0.1, 0.15) is 23.6 Å². The number of nitrogens with zero attached hydrogens (tertiary/aromatic N) is 2. The molecule has 7 heteroatoms. The van der Waals surface area contributed by atoms with Gasteiger partial charge in [0, 0.05) is 26.3 Å². The molecule has 0 aliphatic carbocycles. The largest absolute Gasteiger partial charge is 0.454 e. The lowest BCUT2D eigenvalue weighted by atomic mass is 10.1. The molecule has 156 valence electrons. The molecular weight excluding hydrogens is 398 g/mol. The maximum absolute atomic E-state index is 12.5. The fraction of sp³-hybridized carbons (Fsp3) is 0.304. The van der Waals surface area contributed by atoms with Gasteiger partial charge in [0.15, 0.2) is 16.7 Å². The van der Waals surface area contributed by atoms with E-state index in [-0.39, 0.29) is 19.1 Å². The van der Waals surface area contributed by atoms with Crippen LogP contribution in [0.3, 0.4) is 0 Å². The first kappa shape index (κ1) is 20.3. The van der Waals surface area contributed by atoms with Gasteiger partial charge in [-0.1, -0.05) is 23.9 Å². The van der Waals surface area contributed by atoms with Gasteiger partial charge >= 0.3 is 0 Å². The van der Waals surface area contributed by atoms with Gasteiger partial charge in [0.1, 0.15) is 0 Å². The number of fused-ring (bicyclic) bond motifs is 2. The molecule has 1 amide bonds. The fourth-order valence-electron chi connectivity index (χ4n) is 3.62. The SMILES string of the molecule is CN=C(NC(=O)Cc1ccc2c(c1)OCO2)S/C(C)=C/c1ccc2c(c1)CCN2C. The normalized spacial score (nSPS) is 15.4.